The number of carbonyl (C=O) groups is 1. The summed E-state index contributed by atoms with van der Waals surface area (Å²) >= 11 is 0. The lowest BCUT2D eigenvalue weighted by molar-refractivity contribution is -0.140. The Kier molecular flexibility index (Phi) is 8.06. The maximum absolute atomic E-state index is 10.8. The minimum absolute atomic E-state index is 0.337. The fourth-order valence-corrected chi connectivity index (χ4v) is 1.71. The van der Waals surface area contributed by atoms with Gasteiger partial charge in [-0.25, -0.2) is 0 Å². The van der Waals surface area contributed by atoms with Gasteiger partial charge in [-0.2, -0.15) is 0 Å². The molecule has 1 unspecified atom stereocenters. The van der Waals surface area contributed by atoms with Gasteiger partial charge < -0.3 is 5.11 Å². The topological polar surface area (TPSA) is 37.3 Å². The average molecular weight is 212 g/mol. The normalized spacial score (nSPS) is 12.4. The van der Waals surface area contributed by atoms with E-state index in [1.165, 1.54) is 25.7 Å². The SMILES string of the molecule is C=C(C)C(CCCCCCCC)C(=O)O. The van der Waals surface area contributed by atoms with E-state index in [1.54, 1.807) is 6.92 Å². The molecule has 0 saturated heterocycles. The van der Waals surface area contributed by atoms with Crippen LogP contribution in [-0.2, 0) is 4.79 Å². The van der Waals surface area contributed by atoms with E-state index in [1.807, 2.05) is 0 Å². The van der Waals surface area contributed by atoms with Gasteiger partial charge in [0, 0.05) is 0 Å². The van der Waals surface area contributed by atoms with E-state index < -0.39 is 5.97 Å². The highest BCUT2D eigenvalue weighted by molar-refractivity contribution is 5.73. The van der Waals surface area contributed by atoms with Gasteiger partial charge in [-0.1, -0.05) is 57.6 Å². The van der Waals surface area contributed by atoms with Crippen molar-refractivity contribution < 1.29 is 9.90 Å². The fourth-order valence-electron chi connectivity index (χ4n) is 1.71. The van der Waals surface area contributed by atoms with Crippen LogP contribution in [0, 0.1) is 5.92 Å². The maximum atomic E-state index is 10.8. The first-order valence-electron chi connectivity index (χ1n) is 5.97. The summed E-state index contributed by atoms with van der Waals surface area (Å²) in [6.07, 6.45) is 7.96. The van der Waals surface area contributed by atoms with Crippen LogP contribution < -0.4 is 0 Å². The molecule has 0 radical (unpaired) electrons. The number of rotatable bonds is 9. The molecule has 2 nitrogen and oxygen atoms in total. The molecule has 0 saturated carbocycles. The highest BCUT2D eigenvalue weighted by atomic mass is 16.4. The molecule has 0 spiro atoms. The second-order valence-electron chi connectivity index (χ2n) is 4.29. The number of hydrogen-bond donors (Lipinski definition) is 1. The largest absolute Gasteiger partial charge is 0.481 e. The summed E-state index contributed by atoms with van der Waals surface area (Å²) in [5.74, 6) is -1.06. The molecule has 0 amide bonds. The zero-order chi connectivity index (χ0) is 11.7. The molecule has 0 heterocycles. The Bertz CT molecular complexity index is 183. The van der Waals surface area contributed by atoms with Crippen molar-refractivity contribution in [3.8, 4) is 0 Å². The van der Waals surface area contributed by atoms with Crippen molar-refractivity contribution in [3.05, 3.63) is 12.2 Å². The van der Waals surface area contributed by atoms with Crippen LogP contribution in [0.4, 0.5) is 0 Å². The predicted octanol–water partition coefficient (Wildman–Crippen LogP) is 4.01. The first-order valence-corrected chi connectivity index (χ1v) is 5.97. The van der Waals surface area contributed by atoms with Crippen LogP contribution in [0.5, 0.6) is 0 Å². The van der Waals surface area contributed by atoms with Crippen LogP contribution in [0.15, 0.2) is 12.2 Å². The minimum Gasteiger partial charge on any atom is -0.481 e. The Hall–Kier alpha value is -0.790. The van der Waals surface area contributed by atoms with E-state index in [-0.39, 0.29) is 5.92 Å². The Labute approximate surface area is 93.4 Å². The third-order valence-electron chi connectivity index (χ3n) is 2.74. The Balaban J connectivity index is 3.55. The van der Waals surface area contributed by atoms with E-state index in [0.29, 0.717) is 0 Å². The lowest BCUT2D eigenvalue weighted by Gasteiger charge is -2.11. The van der Waals surface area contributed by atoms with Crippen LogP contribution in [-0.4, -0.2) is 11.1 Å². The second kappa shape index (κ2) is 8.51. The Morgan fingerprint density at radius 3 is 2.20 bits per heavy atom. The van der Waals surface area contributed by atoms with Gasteiger partial charge in [0.1, 0.15) is 0 Å². The average Bonchev–Trinajstić information content (AvgIpc) is 2.15. The van der Waals surface area contributed by atoms with Gasteiger partial charge in [-0.3, -0.25) is 4.79 Å². The number of aliphatic carboxylic acids is 1. The van der Waals surface area contributed by atoms with E-state index in [4.69, 9.17) is 5.11 Å². The number of hydrogen-bond acceptors (Lipinski definition) is 1. The smallest absolute Gasteiger partial charge is 0.310 e. The summed E-state index contributed by atoms with van der Waals surface area (Å²) in [4.78, 5) is 10.8. The van der Waals surface area contributed by atoms with Crippen molar-refractivity contribution in [2.45, 2.75) is 58.8 Å². The molecule has 0 aliphatic rings. The minimum atomic E-state index is -0.726. The molecule has 0 aromatic heterocycles. The summed E-state index contributed by atoms with van der Waals surface area (Å²) in [5, 5.41) is 8.92. The van der Waals surface area contributed by atoms with Crippen molar-refractivity contribution in [2.24, 2.45) is 5.92 Å². The summed E-state index contributed by atoms with van der Waals surface area (Å²) in [6, 6.07) is 0. The van der Waals surface area contributed by atoms with E-state index >= 15 is 0 Å². The number of unbranched alkanes of at least 4 members (excludes halogenated alkanes) is 5. The fraction of sp³-hybridized carbons (Fsp3) is 0.769. The molecule has 0 aromatic rings. The molecule has 0 aliphatic carbocycles. The molecule has 0 fully saturated rings. The third kappa shape index (κ3) is 7.18. The number of carboxylic acid groups (broad SMARTS) is 1. The zero-order valence-corrected chi connectivity index (χ0v) is 10.1. The molecule has 0 rings (SSSR count). The van der Waals surface area contributed by atoms with Crippen molar-refractivity contribution >= 4 is 5.97 Å². The monoisotopic (exact) mass is 212 g/mol. The predicted molar refractivity (Wildman–Crippen MR) is 63.9 cm³/mol. The summed E-state index contributed by atoms with van der Waals surface area (Å²) in [5.41, 5.74) is 0.774. The van der Waals surface area contributed by atoms with E-state index in [2.05, 4.69) is 13.5 Å². The van der Waals surface area contributed by atoms with Crippen molar-refractivity contribution in [1.29, 1.82) is 0 Å². The first kappa shape index (κ1) is 14.2. The highest BCUT2D eigenvalue weighted by Gasteiger charge is 2.16. The maximum Gasteiger partial charge on any atom is 0.310 e. The molecule has 1 N–H and O–H groups in total. The van der Waals surface area contributed by atoms with Crippen LogP contribution in [0.2, 0.25) is 0 Å². The van der Waals surface area contributed by atoms with Crippen LogP contribution in [0.1, 0.15) is 58.8 Å². The van der Waals surface area contributed by atoms with Gasteiger partial charge in [0.2, 0.25) is 0 Å². The molecule has 88 valence electrons. The van der Waals surface area contributed by atoms with Crippen LogP contribution in [0.3, 0.4) is 0 Å². The quantitative estimate of drug-likeness (QED) is 0.463. The second-order valence-corrected chi connectivity index (χ2v) is 4.29. The van der Waals surface area contributed by atoms with E-state index in [9.17, 15) is 4.79 Å². The molecule has 0 aromatic carbocycles. The molecule has 0 aliphatic heterocycles. The zero-order valence-electron chi connectivity index (χ0n) is 10.1. The highest BCUT2D eigenvalue weighted by Crippen LogP contribution is 2.18. The summed E-state index contributed by atoms with van der Waals surface area (Å²) in [7, 11) is 0. The van der Waals surface area contributed by atoms with Gasteiger partial charge in [0.05, 0.1) is 5.92 Å². The van der Waals surface area contributed by atoms with Gasteiger partial charge >= 0.3 is 5.97 Å². The molecule has 1 atom stereocenters. The van der Waals surface area contributed by atoms with Gasteiger partial charge in [-0.15, -0.1) is 0 Å². The van der Waals surface area contributed by atoms with Crippen molar-refractivity contribution in [3.63, 3.8) is 0 Å². The van der Waals surface area contributed by atoms with Crippen LogP contribution >= 0.6 is 0 Å². The molecule has 0 bridgehead atoms. The third-order valence-corrected chi connectivity index (χ3v) is 2.74. The Morgan fingerprint density at radius 1 is 1.20 bits per heavy atom. The number of carboxylic acids is 1. The van der Waals surface area contributed by atoms with Gasteiger partial charge in [-0.05, 0) is 13.3 Å². The molecule has 2 heteroatoms. The lowest BCUT2D eigenvalue weighted by atomic mass is 9.95. The lowest BCUT2D eigenvalue weighted by Crippen LogP contribution is -2.14. The molecular formula is C13H24O2. The first-order chi connectivity index (χ1) is 7.09. The van der Waals surface area contributed by atoms with E-state index in [0.717, 1.165) is 24.8 Å². The van der Waals surface area contributed by atoms with Crippen LogP contribution in [0.25, 0.3) is 0 Å². The summed E-state index contributed by atoms with van der Waals surface area (Å²) < 4.78 is 0. The van der Waals surface area contributed by atoms with Gasteiger partial charge in [0.25, 0.3) is 0 Å². The Morgan fingerprint density at radius 2 is 1.73 bits per heavy atom. The standard InChI is InChI=1S/C13H24O2/c1-4-5-6-7-8-9-10-12(11(2)3)13(14)15/h12H,2,4-10H2,1,3H3,(H,14,15). The van der Waals surface area contributed by atoms with Gasteiger partial charge in [0.15, 0.2) is 0 Å². The summed E-state index contributed by atoms with van der Waals surface area (Å²) in [6.45, 7) is 7.72. The van der Waals surface area contributed by atoms with Crippen molar-refractivity contribution in [1.82, 2.24) is 0 Å². The molecular weight excluding hydrogens is 188 g/mol. The molecule has 15 heavy (non-hydrogen) atoms. The van der Waals surface area contributed by atoms with Crippen molar-refractivity contribution in [2.75, 3.05) is 0 Å².